The molecule has 1 heterocycles. The molecular weight excluding hydrogens is 471 g/mol. The van der Waals surface area contributed by atoms with E-state index in [9.17, 15) is 22.4 Å². The number of amides is 2. The van der Waals surface area contributed by atoms with Gasteiger partial charge >= 0.3 is 0 Å². The van der Waals surface area contributed by atoms with Gasteiger partial charge < -0.3 is 10.2 Å². The standard InChI is InChI=1S/C25H27FN4O4S/c1-29(35(2,33)34)18-23(31)30(17-20-8-10-22(26)11-9-20)24(21-6-4-3-5-7-21)25(32)28-16-19-12-14-27-15-13-19/h3-15,24H,16-18H2,1-2H3,(H,28,32)/t24-/m1/s1. The summed E-state index contributed by atoms with van der Waals surface area (Å²) in [6, 6.07) is 16.8. The lowest BCUT2D eigenvalue weighted by molar-refractivity contribution is -0.141. The minimum Gasteiger partial charge on any atom is -0.350 e. The molecule has 8 nitrogen and oxygen atoms in total. The maximum atomic E-state index is 13.5. The number of likely N-dealkylation sites (N-methyl/N-ethyl adjacent to an activating group) is 1. The maximum absolute atomic E-state index is 13.5. The van der Waals surface area contributed by atoms with Crippen LogP contribution in [0.3, 0.4) is 0 Å². The van der Waals surface area contributed by atoms with Crippen LogP contribution in [-0.2, 0) is 32.7 Å². The number of benzene rings is 2. The van der Waals surface area contributed by atoms with Crippen LogP contribution in [0.5, 0.6) is 0 Å². The van der Waals surface area contributed by atoms with Gasteiger partial charge in [0.05, 0.1) is 12.8 Å². The molecule has 3 aromatic rings. The Morgan fingerprint density at radius 2 is 1.60 bits per heavy atom. The SMILES string of the molecule is CN(CC(=O)N(Cc1ccc(F)cc1)[C@@H](C(=O)NCc1ccncc1)c1ccccc1)S(C)(=O)=O. The summed E-state index contributed by atoms with van der Waals surface area (Å²) in [4.78, 5) is 32.2. The van der Waals surface area contributed by atoms with Crippen molar-refractivity contribution in [3.05, 3.63) is 102 Å². The molecule has 0 aliphatic carbocycles. The van der Waals surface area contributed by atoms with Gasteiger partial charge in [0, 0.05) is 32.5 Å². The molecule has 0 aliphatic rings. The van der Waals surface area contributed by atoms with Crippen molar-refractivity contribution in [2.24, 2.45) is 0 Å². The van der Waals surface area contributed by atoms with Crippen LogP contribution in [0.4, 0.5) is 4.39 Å². The molecule has 1 atom stereocenters. The summed E-state index contributed by atoms with van der Waals surface area (Å²) < 4.78 is 38.3. The van der Waals surface area contributed by atoms with Crippen molar-refractivity contribution in [2.45, 2.75) is 19.1 Å². The van der Waals surface area contributed by atoms with Crippen LogP contribution < -0.4 is 5.32 Å². The number of pyridine rings is 1. The average molecular weight is 499 g/mol. The third kappa shape index (κ3) is 7.43. The van der Waals surface area contributed by atoms with E-state index < -0.39 is 40.2 Å². The molecule has 184 valence electrons. The van der Waals surface area contributed by atoms with Gasteiger partial charge in [-0.25, -0.2) is 12.8 Å². The van der Waals surface area contributed by atoms with Gasteiger partial charge in [0.2, 0.25) is 21.8 Å². The van der Waals surface area contributed by atoms with Crippen LogP contribution in [0.25, 0.3) is 0 Å². The molecule has 0 fully saturated rings. The molecule has 3 rings (SSSR count). The van der Waals surface area contributed by atoms with E-state index in [0.29, 0.717) is 11.1 Å². The zero-order chi connectivity index (χ0) is 25.4. The van der Waals surface area contributed by atoms with Crippen LogP contribution in [0.15, 0.2) is 79.1 Å². The Morgan fingerprint density at radius 3 is 2.20 bits per heavy atom. The van der Waals surface area contributed by atoms with E-state index in [1.165, 1.54) is 36.2 Å². The molecule has 0 unspecified atom stereocenters. The number of aromatic nitrogens is 1. The second-order valence-corrected chi connectivity index (χ2v) is 10.1. The van der Waals surface area contributed by atoms with Crippen LogP contribution in [0.2, 0.25) is 0 Å². The Hall–Kier alpha value is -3.63. The zero-order valence-electron chi connectivity index (χ0n) is 19.5. The number of halogens is 1. The fourth-order valence-electron chi connectivity index (χ4n) is 3.40. The molecule has 10 heteroatoms. The molecule has 0 spiro atoms. The summed E-state index contributed by atoms with van der Waals surface area (Å²) in [6.07, 6.45) is 4.23. The lowest BCUT2D eigenvalue weighted by Crippen LogP contribution is -2.47. The molecule has 1 aromatic heterocycles. The molecule has 0 aliphatic heterocycles. The van der Waals surface area contributed by atoms with Crippen LogP contribution >= 0.6 is 0 Å². The van der Waals surface area contributed by atoms with Gasteiger partial charge in [0.25, 0.3) is 0 Å². The number of rotatable bonds is 10. The summed E-state index contributed by atoms with van der Waals surface area (Å²) in [5.74, 6) is -1.45. The van der Waals surface area contributed by atoms with Gasteiger partial charge in [-0.05, 0) is 41.0 Å². The molecule has 2 amide bonds. The summed E-state index contributed by atoms with van der Waals surface area (Å²) in [7, 11) is -2.34. The van der Waals surface area contributed by atoms with Crippen molar-refractivity contribution in [1.82, 2.24) is 19.5 Å². The van der Waals surface area contributed by atoms with Crippen molar-refractivity contribution >= 4 is 21.8 Å². The van der Waals surface area contributed by atoms with Crippen molar-refractivity contribution < 1.29 is 22.4 Å². The van der Waals surface area contributed by atoms with E-state index in [1.54, 1.807) is 54.9 Å². The second-order valence-electron chi connectivity index (χ2n) is 8.05. The largest absolute Gasteiger partial charge is 0.350 e. The molecule has 1 N–H and O–H groups in total. The maximum Gasteiger partial charge on any atom is 0.247 e. The first-order chi connectivity index (χ1) is 16.6. The van der Waals surface area contributed by atoms with E-state index >= 15 is 0 Å². The number of nitrogens with zero attached hydrogens (tertiary/aromatic N) is 3. The Morgan fingerprint density at radius 1 is 0.971 bits per heavy atom. The highest BCUT2D eigenvalue weighted by Crippen LogP contribution is 2.24. The molecule has 2 aromatic carbocycles. The van der Waals surface area contributed by atoms with Crippen molar-refractivity contribution in [3.8, 4) is 0 Å². The highest BCUT2D eigenvalue weighted by atomic mass is 32.2. The summed E-state index contributed by atoms with van der Waals surface area (Å²) >= 11 is 0. The number of sulfonamides is 1. The summed E-state index contributed by atoms with van der Waals surface area (Å²) in [5.41, 5.74) is 1.97. The number of hydrogen-bond acceptors (Lipinski definition) is 5. The topological polar surface area (TPSA) is 99.7 Å². The normalized spacial score (nSPS) is 12.2. The molecule has 0 bridgehead atoms. The van der Waals surface area contributed by atoms with Crippen LogP contribution in [0.1, 0.15) is 22.7 Å². The Labute approximate surface area is 204 Å². The number of carbonyl (C=O) groups is 2. The van der Waals surface area contributed by atoms with Crippen molar-refractivity contribution in [1.29, 1.82) is 0 Å². The highest BCUT2D eigenvalue weighted by molar-refractivity contribution is 7.88. The Bertz CT molecular complexity index is 1240. The Balaban J connectivity index is 1.97. The van der Waals surface area contributed by atoms with Gasteiger partial charge in [-0.1, -0.05) is 42.5 Å². The number of carbonyl (C=O) groups excluding carboxylic acids is 2. The molecule has 0 saturated carbocycles. The Kier molecular flexibility index (Phi) is 8.67. The first-order valence-corrected chi connectivity index (χ1v) is 12.7. The highest BCUT2D eigenvalue weighted by Gasteiger charge is 2.32. The molecular formula is C25H27FN4O4S. The average Bonchev–Trinajstić information content (AvgIpc) is 2.84. The molecule has 0 saturated heterocycles. The number of nitrogens with one attached hydrogen (secondary N) is 1. The van der Waals surface area contributed by atoms with Crippen molar-refractivity contribution in [2.75, 3.05) is 19.8 Å². The zero-order valence-corrected chi connectivity index (χ0v) is 20.3. The fourth-order valence-corrected chi connectivity index (χ4v) is 3.75. The predicted octanol–water partition coefficient (Wildman–Crippen LogP) is 2.50. The van der Waals surface area contributed by atoms with Gasteiger partial charge in [-0.2, -0.15) is 4.31 Å². The monoisotopic (exact) mass is 498 g/mol. The molecule has 35 heavy (non-hydrogen) atoms. The van der Waals surface area contributed by atoms with Crippen LogP contribution in [-0.4, -0.2) is 54.3 Å². The smallest absolute Gasteiger partial charge is 0.247 e. The van der Waals surface area contributed by atoms with Gasteiger partial charge in [0.15, 0.2) is 0 Å². The predicted molar refractivity (Wildman–Crippen MR) is 130 cm³/mol. The van der Waals surface area contributed by atoms with E-state index in [-0.39, 0.29) is 13.1 Å². The minimum absolute atomic E-state index is 0.0288. The summed E-state index contributed by atoms with van der Waals surface area (Å²) in [6.45, 7) is -0.271. The van der Waals surface area contributed by atoms with E-state index in [2.05, 4.69) is 10.3 Å². The molecule has 0 radical (unpaired) electrons. The fraction of sp³-hybridized carbons (Fsp3) is 0.240. The van der Waals surface area contributed by atoms with Gasteiger partial charge in [-0.3, -0.25) is 14.6 Å². The lowest BCUT2D eigenvalue weighted by Gasteiger charge is -2.32. The third-order valence-electron chi connectivity index (χ3n) is 5.40. The van der Waals surface area contributed by atoms with Crippen LogP contribution in [0, 0.1) is 5.82 Å². The first-order valence-electron chi connectivity index (χ1n) is 10.8. The van der Waals surface area contributed by atoms with Crippen molar-refractivity contribution in [3.63, 3.8) is 0 Å². The van der Waals surface area contributed by atoms with E-state index in [1.807, 2.05) is 0 Å². The number of hydrogen-bond donors (Lipinski definition) is 1. The summed E-state index contributed by atoms with van der Waals surface area (Å²) in [5, 5.41) is 2.86. The van der Waals surface area contributed by atoms with E-state index in [0.717, 1.165) is 16.1 Å². The van der Waals surface area contributed by atoms with Gasteiger partial charge in [0.1, 0.15) is 11.9 Å². The quantitative estimate of drug-likeness (QED) is 0.463. The minimum atomic E-state index is -3.64. The van der Waals surface area contributed by atoms with Gasteiger partial charge in [-0.15, -0.1) is 0 Å². The first kappa shape index (κ1) is 26.0. The third-order valence-corrected chi connectivity index (χ3v) is 6.66. The lowest BCUT2D eigenvalue weighted by atomic mass is 10.0. The second kappa shape index (κ2) is 11.7. The van der Waals surface area contributed by atoms with E-state index in [4.69, 9.17) is 0 Å².